The van der Waals surface area contributed by atoms with Crippen molar-refractivity contribution < 1.29 is 27.5 Å². The molecule has 1 fully saturated rings. The molecule has 1 aromatic rings. The Bertz CT molecular complexity index is 820. The first-order valence-corrected chi connectivity index (χ1v) is 8.43. The van der Waals surface area contributed by atoms with Crippen molar-refractivity contribution in [2.45, 2.75) is 32.0 Å². The Hall–Kier alpha value is -2.42. The number of ketones is 1. The molecule has 2 aliphatic rings. The number of alkyl halides is 3. The van der Waals surface area contributed by atoms with Crippen LogP contribution in [-0.4, -0.2) is 46.9 Å². The van der Waals surface area contributed by atoms with Crippen molar-refractivity contribution >= 4 is 11.7 Å². The quantitative estimate of drug-likeness (QED) is 0.803. The van der Waals surface area contributed by atoms with Crippen molar-refractivity contribution in [1.29, 1.82) is 0 Å². The van der Waals surface area contributed by atoms with Crippen LogP contribution in [0, 0.1) is 5.41 Å². The largest absolute Gasteiger partial charge is 0.418 e. The molecule has 1 aliphatic heterocycles. The van der Waals surface area contributed by atoms with Crippen LogP contribution >= 0.6 is 0 Å². The topological polar surface area (TPSA) is 85.5 Å². The zero-order chi connectivity index (χ0) is 20.0. The van der Waals surface area contributed by atoms with Gasteiger partial charge in [-0.3, -0.25) is 14.6 Å². The maximum Gasteiger partial charge on any atom is 0.418 e. The summed E-state index contributed by atoms with van der Waals surface area (Å²) in [4.78, 5) is 29.8. The van der Waals surface area contributed by atoms with E-state index in [0.717, 1.165) is 12.3 Å². The normalized spacial score (nSPS) is 25.4. The summed E-state index contributed by atoms with van der Waals surface area (Å²) in [6, 6.07) is 1.06. The number of carbonyl (C=O) groups is 2. The van der Waals surface area contributed by atoms with Gasteiger partial charge >= 0.3 is 6.18 Å². The molecule has 1 aliphatic carbocycles. The number of allylic oxidation sites excluding steroid dienone is 1. The zero-order valence-corrected chi connectivity index (χ0v) is 15.0. The third-order valence-electron chi connectivity index (χ3n) is 4.89. The molecule has 0 saturated carbocycles. The second-order valence-corrected chi connectivity index (χ2v) is 7.55. The predicted octanol–water partition coefficient (Wildman–Crippen LogP) is 2.15. The number of nitrogens with zero attached hydrogens (tertiary/aromatic N) is 2. The van der Waals surface area contributed by atoms with Crippen LogP contribution in [0.5, 0.6) is 0 Å². The number of morpholine rings is 1. The van der Waals surface area contributed by atoms with E-state index < -0.39 is 34.2 Å². The number of nitrogens with two attached hydrogens (primary N) is 1. The maximum absolute atomic E-state index is 13.2. The van der Waals surface area contributed by atoms with Crippen molar-refractivity contribution in [3.8, 4) is 0 Å². The standard InChI is InChI=1S/C18H20F3N3O3/c1-16(2)9-17(7-13(22)14(16)25)10-24(5-6-27-17)15(26)11-3-4-23-8-12(11)18(19,20)21/h3-4,7-8H,5-6,9-10,22H2,1-2H3. The molecular weight excluding hydrogens is 363 g/mol. The van der Waals surface area contributed by atoms with Gasteiger partial charge in [-0.25, -0.2) is 0 Å². The van der Waals surface area contributed by atoms with Crippen molar-refractivity contribution in [1.82, 2.24) is 9.88 Å². The molecule has 2 heterocycles. The van der Waals surface area contributed by atoms with E-state index in [4.69, 9.17) is 10.5 Å². The number of aromatic nitrogens is 1. The lowest BCUT2D eigenvalue weighted by molar-refractivity contribution is -0.139. The predicted molar refractivity (Wildman–Crippen MR) is 89.5 cm³/mol. The highest BCUT2D eigenvalue weighted by Gasteiger charge is 2.48. The van der Waals surface area contributed by atoms with Gasteiger partial charge in [0.05, 0.1) is 30.0 Å². The molecule has 1 amide bonds. The second kappa shape index (κ2) is 6.33. The third kappa shape index (κ3) is 3.55. The van der Waals surface area contributed by atoms with E-state index in [1.54, 1.807) is 13.8 Å². The summed E-state index contributed by atoms with van der Waals surface area (Å²) in [5.74, 6) is -0.970. The van der Waals surface area contributed by atoms with Crippen LogP contribution in [0.3, 0.4) is 0 Å². The average molecular weight is 383 g/mol. The number of hydrogen-bond acceptors (Lipinski definition) is 5. The Kier molecular flexibility index (Phi) is 4.54. The van der Waals surface area contributed by atoms with Crippen molar-refractivity contribution in [3.05, 3.63) is 41.4 Å². The molecule has 1 aromatic heterocycles. The fourth-order valence-electron chi connectivity index (χ4n) is 3.77. The van der Waals surface area contributed by atoms with Crippen LogP contribution in [0.1, 0.15) is 36.2 Å². The Balaban J connectivity index is 1.92. The van der Waals surface area contributed by atoms with Gasteiger partial charge in [-0.2, -0.15) is 13.2 Å². The summed E-state index contributed by atoms with van der Waals surface area (Å²) in [6.45, 7) is 3.74. The minimum atomic E-state index is -4.69. The molecule has 6 nitrogen and oxygen atoms in total. The Morgan fingerprint density at radius 2 is 2.07 bits per heavy atom. The molecule has 1 spiro atoms. The molecule has 9 heteroatoms. The fraction of sp³-hybridized carbons (Fsp3) is 0.500. The van der Waals surface area contributed by atoms with Gasteiger partial charge in [0, 0.05) is 24.4 Å². The van der Waals surface area contributed by atoms with Crippen LogP contribution in [0.4, 0.5) is 13.2 Å². The zero-order valence-electron chi connectivity index (χ0n) is 15.0. The Morgan fingerprint density at radius 1 is 1.37 bits per heavy atom. The molecule has 1 unspecified atom stereocenters. The summed E-state index contributed by atoms with van der Waals surface area (Å²) < 4.78 is 45.5. The Labute approximate surface area is 154 Å². The highest BCUT2D eigenvalue weighted by Crippen LogP contribution is 2.40. The number of pyridine rings is 1. The first-order valence-electron chi connectivity index (χ1n) is 8.43. The number of amides is 1. The number of halogens is 3. The molecular formula is C18H20F3N3O3. The van der Waals surface area contributed by atoms with E-state index in [1.165, 1.54) is 11.0 Å². The van der Waals surface area contributed by atoms with Crippen molar-refractivity contribution in [3.63, 3.8) is 0 Å². The van der Waals surface area contributed by atoms with Crippen LogP contribution in [-0.2, 0) is 15.7 Å². The molecule has 0 radical (unpaired) electrons. The lowest BCUT2D eigenvalue weighted by Crippen LogP contribution is -2.57. The van der Waals surface area contributed by atoms with Crippen LogP contribution in [0.25, 0.3) is 0 Å². The summed E-state index contributed by atoms with van der Waals surface area (Å²) in [7, 11) is 0. The van der Waals surface area contributed by atoms with E-state index in [2.05, 4.69) is 4.98 Å². The monoisotopic (exact) mass is 383 g/mol. The van der Waals surface area contributed by atoms with Crippen LogP contribution < -0.4 is 5.73 Å². The smallest absolute Gasteiger partial charge is 0.396 e. The van der Waals surface area contributed by atoms with E-state index in [9.17, 15) is 22.8 Å². The number of Topliss-reactive ketones (excluding diaryl/α,β-unsaturated/α-hetero) is 1. The lowest BCUT2D eigenvalue weighted by Gasteiger charge is -2.46. The van der Waals surface area contributed by atoms with Gasteiger partial charge in [-0.1, -0.05) is 13.8 Å². The first-order chi connectivity index (χ1) is 12.5. The number of ether oxygens (including phenoxy) is 1. The molecule has 0 bridgehead atoms. The first kappa shape index (κ1) is 19.3. The van der Waals surface area contributed by atoms with E-state index in [1.807, 2.05) is 0 Å². The number of hydrogen-bond donors (Lipinski definition) is 1. The average Bonchev–Trinajstić information content (AvgIpc) is 2.58. The molecule has 2 N–H and O–H groups in total. The number of carbonyl (C=O) groups excluding carboxylic acids is 2. The van der Waals surface area contributed by atoms with Crippen molar-refractivity contribution in [2.75, 3.05) is 19.7 Å². The van der Waals surface area contributed by atoms with Gasteiger partial charge in [0.1, 0.15) is 5.60 Å². The molecule has 0 aromatic carbocycles. The van der Waals surface area contributed by atoms with Crippen LogP contribution in [0.2, 0.25) is 0 Å². The number of rotatable bonds is 1. The lowest BCUT2D eigenvalue weighted by atomic mass is 9.71. The van der Waals surface area contributed by atoms with Gasteiger partial charge in [0.2, 0.25) is 0 Å². The third-order valence-corrected chi connectivity index (χ3v) is 4.89. The highest BCUT2D eigenvalue weighted by atomic mass is 19.4. The van der Waals surface area contributed by atoms with E-state index >= 15 is 0 Å². The van der Waals surface area contributed by atoms with E-state index in [0.29, 0.717) is 6.20 Å². The summed E-state index contributed by atoms with van der Waals surface area (Å²) >= 11 is 0. The fourth-order valence-corrected chi connectivity index (χ4v) is 3.77. The van der Waals surface area contributed by atoms with Gasteiger partial charge in [0.15, 0.2) is 5.78 Å². The molecule has 1 atom stereocenters. The highest BCUT2D eigenvalue weighted by molar-refractivity contribution is 6.00. The minimum Gasteiger partial charge on any atom is -0.396 e. The molecule has 27 heavy (non-hydrogen) atoms. The minimum absolute atomic E-state index is 0.0167. The summed E-state index contributed by atoms with van der Waals surface area (Å²) in [5, 5.41) is 0. The molecule has 3 rings (SSSR count). The van der Waals surface area contributed by atoms with Gasteiger partial charge in [-0.05, 0) is 18.6 Å². The summed E-state index contributed by atoms with van der Waals surface area (Å²) in [5.41, 5.74) is 2.55. The SMILES string of the molecule is CC1(C)CC2(C=C(N)C1=O)CN(C(=O)c1ccncc1C(F)(F)F)CCO2. The van der Waals surface area contributed by atoms with Crippen molar-refractivity contribution in [2.24, 2.45) is 11.1 Å². The van der Waals surface area contributed by atoms with E-state index in [-0.39, 0.29) is 37.6 Å². The maximum atomic E-state index is 13.2. The van der Waals surface area contributed by atoms with Gasteiger partial charge < -0.3 is 15.4 Å². The molecule has 1 saturated heterocycles. The second-order valence-electron chi connectivity index (χ2n) is 7.55. The van der Waals surface area contributed by atoms with Gasteiger partial charge in [-0.15, -0.1) is 0 Å². The van der Waals surface area contributed by atoms with Crippen LogP contribution in [0.15, 0.2) is 30.2 Å². The van der Waals surface area contributed by atoms with Gasteiger partial charge in [0.25, 0.3) is 5.91 Å². The summed E-state index contributed by atoms with van der Waals surface area (Å²) in [6.07, 6.45) is -1.13. The Morgan fingerprint density at radius 3 is 2.70 bits per heavy atom. The molecule has 146 valence electrons.